The van der Waals surface area contributed by atoms with Gasteiger partial charge in [-0.15, -0.1) is 0 Å². The highest BCUT2D eigenvalue weighted by Crippen LogP contribution is 2.10. The van der Waals surface area contributed by atoms with Crippen molar-refractivity contribution in [2.24, 2.45) is 11.7 Å². The lowest BCUT2D eigenvalue weighted by Crippen LogP contribution is -2.22. The number of nitrogens with two attached hydrogens (primary N) is 1. The highest BCUT2D eigenvalue weighted by Gasteiger charge is 2.04. The van der Waals surface area contributed by atoms with E-state index in [-0.39, 0.29) is 0 Å². The topological polar surface area (TPSA) is 26.0 Å². The molecule has 0 aliphatic rings. The van der Waals surface area contributed by atoms with E-state index >= 15 is 0 Å². The van der Waals surface area contributed by atoms with Crippen molar-refractivity contribution in [1.82, 2.24) is 0 Å². The van der Waals surface area contributed by atoms with Crippen molar-refractivity contribution in [3.8, 4) is 0 Å². The second-order valence-electron chi connectivity index (χ2n) is 4.77. The van der Waals surface area contributed by atoms with Crippen LogP contribution in [0.15, 0.2) is 30.3 Å². The lowest BCUT2D eigenvalue weighted by Gasteiger charge is -2.12. The van der Waals surface area contributed by atoms with Gasteiger partial charge in [-0.25, -0.2) is 0 Å². The molecular weight excluding hydrogens is 182 g/mol. The Balaban J connectivity index is 2.21. The van der Waals surface area contributed by atoms with Crippen LogP contribution in [0.5, 0.6) is 0 Å². The Morgan fingerprint density at radius 3 is 2.33 bits per heavy atom. The molecule has 0 aromatic heterocycles. The largest absolute Gasteiger partial charge is 0.327 e. The molecule has 0 aliphatic carbocycles. The maximum atomic E-state index is 6.09. The Labute approximate surface area is 93.7 Å². The lowest BCUT2D eigenvalue weighted by atomic mass is 9.99. The second-order valence-corrected chi connectivity index (χ2v) is 4.77. The zero-order valence-corrected chi connectivity index (χ0v) is 9.95. The van der Waals surface area contributed by atoms with Crippen molar-refractivity contribution in [3.63, 3.8) is 0 Å². The summed E-state index contributed by atoms with van der Waals surface area (Å²) in [6.07, 6.45) is 4.71. The van der Waals surface area contributed by atoms with Crippen LogP contribution >= 0.6 is 0 Å². The minimum absolute atomic E-state index is 0.325. The molecule has 0 saturated heterocycles. The summed E-state index contributed by atoms with van der Waals surface area (Å²) in [6, 6.07) is 10.8. The molecule has 0 saturated carbocycles. The number of rotatable bonds is 6. The van der Waals surface area contributed by atoms with E-state index in [4.69, 9.17) is 5.73 Å². The summed E-state index contributed by atoms with van der Waals surface area (Å²) in [5, 5.41) is 0. The van der Waals surface area contributed by atoms with Crippen LogP contribution in [0.3, 0.4) is 0 Å². The van der Waals surface area contributed by atoms with Gasteiger partial charge in [-0.3, -0.25) is 0 Å². The third kappa shape index (κ3) is 5.58. The Kier molecular flexibility index (Phi) is 5.41. The molecule has 1 aromatic rings. The zero-order chi connectivity index (χ0) is 11.1. The fourth-order valence-corrected chi connectivity index (χ4v) is 1.81. The van der Waals surface area contributed by atoms with Crippen LogP contribution in [-0.4, -0.2) is 6.04 Å². The Bertz CT molecular complexity index is 253. The molecule has 0 spiro atoms. The SMILES string of the molecule is CC(C)CCCC(N)Cc1ccccc1. The van der Waals surface area contributed by atoms with Gasteiger partial charge in [-0.2, -0.15) is 0 Å². The van der Waals surface area contributed by atoms with E-state index in [1.165, 1.54) is 18.4 Å². The van der Waals surface area contributed by atoms with Gasteiger partial charge in [0.2, 0.25) is 0 Å². The van der Waals surface area contributed by atoms with E-state index in [0.717, 1.165) is 18.8 Å². The predicted molar refractivity (Wildman–Crippen MR) is 66.8 cm³/mol. The van der Waals surface area contributed by atoms with Gasteiger partial charge in [0.1, 0.15) is 0 Å². The standard InChI is InChI=1S/C14H23N/c1-12(2)7-6-10-14(15)11-13-8-4-3-5-9-13/h3-5,8-9,12,14H,6-7,10-11,15H2,1-2H3. The average molecular weight is 205 g/mol. The molecule has 0 radical (unpaired) electrons. The van der Waals surface area contributed by atoms with Crippen LogP contribution in [0.2, 0.25) is 0 Å². The van der Waals surface area contributed by atoms with Gasteiger partial charge in [0.25, 0.3) is 0 Å². The fourth-order valence-electron chi connectivity index (χ4n) is 1.81. The van der Waals surface area contributed by atoms with Crippen molar-refractivity contribution in [2.75, 3.05) is 0 Å². The predicted octanol–water partition coefficient (Wildman–Crippen LogP) is 3.38. The van der Waals surface area contributed by atoms with E-state index in [0.29, 0.717) is 6.04 Å². The molecule has 1 atom stereocenters. The van der Waals surface area contributed by atoms with Crippen molar-refractivity contribution in [2.45, 2.75) is 45.6 Å². The van der Waals surface area contributed by atoms with Crippen molar-refractivity contribution in [3.05, 3.63) is 35.9 Å². The maximum absolute atomic E-state index is 6.09. The first-order chi connectivity index (χ1) is 7.18. The minimum atomic E-state index is 0.325. The summed E-state index contributed by atoms with van der Waals surface area (Å²) in [7, 11) is 0. The second kappa shape index (κ2) is 6.62. The third-order valence-corrected chi connectivity index (χ3v) is 2.70. The van der Waals surface area contributed by atoms with Gasteiger partial charge in [0, 0.05) is 6.04 Å². The van der Waals surface area contributed by atoms with Gasteiger partial charge >= 0.3 is 0 Å². The molecule has 0 bridgehead atoms. The van der Waals surface area contributed by atoms with Gasteiger partial charge in [0.15, 0.2) is 0 Å². The molecule has 2 N–H and O–H groups in total. The van der Waals surface area contributed by atoms with Crippen LogP contribution in [0.4, 0.5) is 0 Å². The van der Waals surface area contributed by atoms with E-state index in [2.05, 4.69) is 38.1 Å². The highest BCUT2D eigenvalue weighted by molar-refractivity contribution is 5.15. The molecule has 1 aromatic carbocycles. The monoisotopic (exact) mass is 205 g/mol. The quantitative estimate of drug-likeness (QED) is 0.757. The summed E-state index contributed by atoms with van der Waals surface area (Å²) in [5.41, 5.74) is 7.45. The Hall–Kier alpha value is -0.820. The average Bonchev–Trinajstić information content (AvgIpc) is 2.18. The first kappa shape index (κ1) is 12.3. The van der Waals surface area contributed by atoms with Crippen LogP contribution in [0, 0.1) is 5.92 Å². The van der Waals surface area contributed by atoms with Crippen LogP contribution < -0.4 is 5.73 Å². The molecule has 0 fully saturated rings. The smallest absolute Gasteiger partial charge is 0.00793 e. The van der Waals surface area contributed by atoms with E-state index in [1.807, 2.05) is 6.07 Å². The molecule has 84 valence electrons. The van der Waals surface area contributed by atoms with E-state index < -0.39 is 0 Å². The number of hydrogen-bond acceptors (Lipinski definition) is 1. The van der Waals surface area contributed by atoms with E-state index in [9.17, 15) is 0 Å². The van der Waals surface area contributed by atoms with Gasteiger partial charge in [-0.05, 0) is 24.3 Å². The van der Waals surface area contributed by atoms with Gasteiger partial charge in [-0.1, -0.05) is 57.0 Å². The Morgan fingerprint density at radius 2 is 1.73 bits per heavy atom. The molecule has 1 nitrogen and oxygen atoms in total. The number of benzene rings is 1. The summed E-state index contributed by atoms with van der Waals surface area (Å²) < 4.78 is 0. The molecule has 0 amide bonds. The van der Waals surface area contributed by atoms with Crippen LogP contribution in [-0.2, 0) is 6.42 Å². The summed E-state index contributed by atoms with van der Waals surface area (Å²) in [4.78, 5) is 0. The summed E-state index contributed by atoms with van der Waals surface area (Å²) in [5.74, 6) is 0.800. The lowest BCUT2D eigenvalue weighted by molar-refractivity contribution is 0.496. The molecular formula is C14H23N. The summed E-state index contributed by atoms with van der Waals surface area (Å²) >= 11 is 0. The fraction of sp³-hybridized carbons (Fsp3) is 0.571. The molecule has 0 aliphatic heterocycles. The molecule has 15 heavy (non-hydrogen) atoms. The summed E-state index contributed by atoms with van der Waals surface area (Å²) in [6.45, 7) is 4.53. The first-order valence-corrected chi connectivity index (χ1v) is 5.98. The first-order valence-electron chi connectivity index (χ1n) is 5.98. The van der Waals surface area contributed by atoms with Gasteiger partial charge < -0.3 is 5.73 Å². The van der Waals surface area contributed by atoms with Crippen molar-refractivity contribution >= 4 is 0 Å². The number of hydrogen-bond donors (Lipinski definition) is 1. The molecule has 1 unspecified atom stereocenters. The van der Waals surface area contributed by atoms with Crippen LogP contribution in [0.25, 0.3) is 0 Å². The van der Waals surface area contributed by atoms with Gasteiger partial charge in [0.05, 0.1) is 0 Å². The highest BCUT2D eigenvalue weighted by atomic mass is 14.6. The van der Waals surface area contributed by atoms with Crippen molar-refractivity contribution < 1.29 is 0 Å². The normalized spacial score (nSPS) is 13.1. The van der Waals surface area contributed by atoms with Crippen molar-refractivity contribution in [1.29, 1.82) is 0 Å². The minimum Gasteiger partial charge on any atom is -0.327 e. The molecule has 1 rings (SSSR count). The molecule has 0 heterocycles. The molecule has 1 heteroatoms. The third-order valence-electron chi connectivity index (χ3n) is 2.70. The van der Waals surface area contributed by atoms with E-state index in [1.54, 1.807) is 0 Å². The Morgan fingerprint density at radius 1 is 1.07 bits per heavy atom. The zero-order valence-electron chi connectivity index (χ0n) is 9.95. The van der Waals surface area contributed by atoms with Crippen LogP contribution in [0.1, 0.15) is 38.7 Å². The maximum Gasteiger partial charge on any atom is 0.00793 e.